The molecule has 1 unspecified atom stereocenters. The van der Waals surface area contributed by atoms with Crippen molar-refractivity contribution >= 4 is 17.5 Å². The second kappa shape index (κ2) is 4.32. The molecule has 2 amide bonds. The average molecular weight is 280 g/mol. The van der Waals surface area contributed by atoms with E-state index in [9.17, 15) is 9.59 Å². The number of anilines is 1. The van der Waals surface area contributed by atoms with Crippen molar-refractivity contribution in [1.29, 1.82) is 0 Å². The van der Waals surface area contributed by atoms with Crippen LogP contribution >= 0.6 is 0 Å². The molecule has 2 heterocycles. The lowest BCUT2D eigenvalue weighted by Gasteiger charge is -2.27. The number of carbonyl (C=O) groups excluding carboxylic acids is 2. The third-order valence-electron chi connectivity index (χ3n) is 4.71. The topological polar surface area (TPSA) is 53.2 Å². The van der Waals surface area contributed by atoms with E-state index in [1.807, 2.05) is 42.6 Å². The van der Waals surface area contributed by atoms with E-state index in [2.05, 4.69) is 11.9 Å². The Hall–Kier alpha value is -2.36. The first-order chi connectivity index (χ1) is 10.2. The molecule has 1 aliphatic carbocycles. The Labute approximate surface area is 122 Å². The van der Waals surface area contributed by atoms with Crippen LogP contribution in [0.15, 0.2) is 42.6 Å². The molecule has 0 spiro atoms. The van der Waals surface area contributed by atoms with Gasteiger partial charge in [0.05, 0.1) is 17.5 Å². The second-order valence-electron chi connectivity index (χ2n) is 5.94. The number of imide groups is 1. The van der Waals surface area contributed by atoms with Crippen LogP contribution in [0.2, 0.25) is 0 Å². The number of hydrogen-bond acceptors (Lipinski definition) is 2. The summed E-state index contributed by atoms with van der Waals surface area (Å²) in [5.41, 5.74) is 2.76. The summed E-state index contributed by atoms with van der Waals surface area (Å²) in [6, 6.07) is 11.2. The van der Waals surface area contributed by atoms with E-state index < -0.39 is 0 Å². The van der Waals surface area contributed by atoms with Gasteiger partial charge >= 0.3 is 0 Å². The Morgan fingerprint density at radius 1 is 1.10 bits per heavy atom. The molecule has 2 aliphatic rings. The van der Waals surface area contributed by atoms with E-state index >= 15 is 0 Å². The molecule has 1 saturated heterocycles. The number of aromatic nitrogens is 1. The molecule has 4 rings (SSSR count). The zero-order chi connectivity index (χ0) is 14.6. The SMILES string of the molecule is CC1Cc2[nH]ccc2[C@H]2C(=O)N(c3ccccc3)C(=O)[C@@H]12. The average Bonchev–Trinajstić information content (AvgIpc) is 3.03. The third kappa shape index (κ3) is 1.62. The van der Waals surface area contributed by atoms with Crippen LogP contribution in [0, 0.1) is 11.8 Å². The molecule has 1 fully saturated rings. The predicted octanol–water partition coefficient (Wildman–Crippen LogP) is 2.48. The van der Waals surface area contributed by atoms with Gasteiger partial charge in [-0.05, 0) is 36.1 Å². The van der Waals surface area contributed by atoms with Crippen LogP contribution in [-0.4, -0.2) is 16.8 Å². The van der Waals surface area contributed by atoms with E-state index in [0.717, 1.165) is 17.7 Å². The van der Waals surface area contributed by atoms with Gasteiger partial charge in [-0.1, -0.05) is 25.1 Å². The first-order valence-electron chi connectivity index (χ1n) is 7.27. The monoisotopic (exact) mass is 280 g/mol. The van der Waals surface area contributed by atoms with Crippen molar-refractivity contribution in [2.75, 3.05) is 4.90 Å². The molecule has 4 nitrogen and oxygen atoms in total. The van der Waals surface area contributed by atoms with Crippen LogP contribution in [0.1, 0.15) is 24.1 Å². The number of H-pyrrole nitrogens is 1. The van der Waals surface area contributed by atoms with Crippen LogP contribution in [0.25, 0.3) is 0 Å². The summed E-state index contributed by atoms with van der Waals surface area (Å²) in [7, 11) is 0. The van der Waals surface area contributed by atoms with Crippen molar-refractivity contribution in [2.24, 2.45) is 11.8 Å². The molecule has 3 atom stereocenters. The van der Waals surface area contributed by atoms with Gasteiger partial charge in [0.2, 0.25) is 11.8 Å². The minimum Gasteiger partial charge on any atom is -0.365 e. The molecule has 0 saturated carbocycles. The Kier molecular flexibility index (Phi) is 2.55. The molecule has 1 aliphatic heterocycles. The maximum absolute atomic E-state index is 12.8. The summed E-state index contributed by atoms with van der Waals surface area (Å²) >= 11 is 0. The number of hydrogen-bond donors (Lipinski definition) is 1. The van der Waals surface area contributed by atoms with Crippen LogP contribution in [0.4, 0.5) is 5.69 Å². The van der Waals surface area contributed by atoms with Gasteiger partial charge in [0.15, 0.2) is 0 Å². The maximum atomic E-state index is 12.8. The Morgan fingerprint density at radius 2 is 1.86 bits per heavy atom. The molecule has 21 heavy (non-hydrogen) atoms. The van der Waals surface area contributed by atoms with Crippen molar-refractivity contribution in [2.45, 2.75) is 19.3 Å². The number of nitrogens with one attached hydrogen (secondary N) is 1. The molecule has 1 aromatic carbocycles. The number of rotatable bonds is 1. The predicted molar refractivity (Wildman–Crippen MR) is 78.8 cm³/mol. The molecule has 106 valence electrons. The fourth-order valence-electron chi connectivity index (χ4n) is 3.76. The lowest BCUT2D eigenvalue weighted by Crippen LogP contribution is -2.32. The Balaban J connectivity index is 1.83. The van der Waals surface area contributed by atoms with Crippen molar-refractivity contribution in [3.05, 3.63) is 53.9 Å². The fourth-order valence-corrected chi connectivity index (χ4v) is 3.76. The van der Waals surface area contributed by atoms with E-state index in [-0.39, 0.29) is 29.6 Å². The van der Waals surface area contributed by atoms with Crippen molar-refractivity contribution in [3.63, 3.8) is 0 Å². The molecule has 4 heteroatoms. The number of benzene rings is 1. The van der Waals surface area contributed by atoms with Gasteiger partial charge in [-0.3, -0.25) is 9.59 Å². The summed E-state index contributed by atoms with van der Waals surface area (Å²) in [6.07, 6.45) is 2.69. The highest BCUT2D eigenvalue weighted by molar-refractivity contribution is 6.24. The van der Waals surface area contributed by atoms with Gasteiger partial charge in [0.1, 0.15) is 0 Å². The molecule has 2 aromatic rings. The van der Waals surface area contributed by atoms with Crippen LogP contribution < -0.4 is 4.90 Å². The zero-order valence-corrected chi connectivity index (χ0v) is 11.7. The first-order valence-corrected chi connectivity index (χ1v) is 7.27. The minimum absolute atomic E-state index is 0.0597. The molecule has 0 bridgehead atoms. The normalized spacial score (nSPS) is 27.7. The summed E-state index contributed by atoms with van der Waals surface area (Å²) < 4.78 is 0. The van der Waals surface area contributed by atoms with E-state index in [0.29, 0.717) is 5.69 Å². The smallest absolute Gasteiger partial charge is 0.242 e. The van der Waals surface area contributed by atoms with E-state index in [1.165, 1.54) is 4.90 Å². The number of carbonyl (C=O) groups is 2. The van der Waals surface area contributed by atoms with Crippen LogP contribution in [-0.2, 0) is 16.0 Å². The highest BCUT2D eigenvalue weighted by Gasteiger charge is 2.53. The largest absolute Gasteiger partial charge is 0.365 e. The highest BCUT2D eigenvalue weighted by Crippen LogP contribution is 2.46. The van der Waals surface area contributed by atoms with Gasteiger partial charge in [0.25, 0.3) is 0 Å². The molecule has 0 radical (unpaired) electrons. The fraction of sp³-hybridized carbons (Fsp3) is 0.294. The summed E-state index contributed by atoms with van der Waals surface area (Å²) in [5.74, 6) is -0.547. The summed E-state index contributed by atoms with van der Waals surface area (Å²) in [6.45, 7) is 2.06. The van der Waals surface area contributed by atoms with Gasteiger partial charge in [-0.25, -0.2) is 4.90 Å². The zero-order valence-electron chi connectivity index (χ0n) is 11.7. The summed E-state index contributed by atoms with van der Waals surface area (Å²) in [4.78, 5) is 30.2. The molecule has 1 N–H and O–H groups in total. The van der Waals surface area contributed by atoms with Gasteiger partial charge in [-0.2, -0.15) is 0 Å². The first kappa shape index (κ1) is 12.4. The number of nitrogens with zero attached hydrogens (tertiary/aromatic N) is 1. The Morgan fingerprint density at radius 3 is 2.62 bits per heavy atom. The van der Waals surface area contributed by atoms with E-state index in [1.54, 1.807) is 0 Å². The van der Waals surface area contributed by atoms with Gasteiger partial charge in [0, 0.05) is 11.9 Å². The number of fused-ring (bicyclic) bond motifs is 3. The standard InChI is InChI=1S/C17H16N2O2/c1-10-9-13-12(7-8-18-13)15-14(10)16(20)19(17(15)21)11-5-3-2-4-6-11/h2-8,10,14-15,18H,9H2,1H3/t10?,14-,15+/m0/s1. The lowest BCUT2D eigenvalue weighted by molar-refractivity contribution is -0.122. The van der Waals surface area contributed by atoms with Crippen molar-refractivity contribution in [3.8, 4) is 0 Å². The molecular weight excluding hydrogens is 264 g/mol. The third-order valence-corrected chi connectivity index (χ3v) is 4.71. The highest BCUT2D eigenvalue weighted by atomic mass is 16.2. The van der Waals surface area contributed by atoms with Gasteiger partial charge < -0.3 is 4.98 Å². The van der Waals surface area contributed by atoms with Crippen LogP contribution in [0.3, 0.4) is 0 Å². The minimum atomic E-state index is -0.331. The number of para-hydroxylation sites is 1. The number of aromatic amines is 1. The van der Waals surface area contributed by atoms with E-state index in [4.69, 9.17) is 0 Å². The van der Waals surface area contributed by atoms with Crippen LogP contribution in [0.5, 0.6) is 0 Å². The van der Waals surface area contributed by atoms with Crippen molar-refractivity contribution in [1.82, 2.24) is 4.98 Å². The van der Waals surface area contributed by atoms with Gasteiger partial charge in [-0.15, -0.1) is 0 Å². The van der Waals surface area contributed by atoms with Crippen molar-refractivity contribution < 1.29 is 9.59 Å². The Bertz CT molecular complexity index is 719. The second-order valence-corrected chi connectivity index (χ2v) is 5.94. The summed E-state index contributed by atoms with van der Waals surface area (Å²) in [5, 5.41) is 0. The molecular formula is C17H16N2O2. The maximum Gasteiger partial charge on any atom is 0.242 e. The molecule has 1 aromatic heterocycles. The quantitative estimate of drug-likeness (QED) is 0.816. The lowest BCUT2D eigenvalue weighted by atomic mass is 9.73. The number of amides is 2.